The van der Waals surface area contributed by atoms with E-state index in [4.69, 9.17) is 10.4 Å². The second-order valence-corrected chi connectivity index (χ2v) is 4.83. The van der Waals surface area contributed by atoms with Crippen molar-refractivity contribution >= 4 is 11.4 Å². The number of nitrogens with zero attached hydrogens (tertiary/aromatic N) is 2. The lowest BCUT2D eigenvalue weighted by Crippen LogP contribution is -2.04. The molecular weight excluding hydrogens is 264 g/mol. The molecule has 0 heterocycles. The average Bonchev–Trinajstić information content (AvgIpc) is 2.56. The van der Waals surface area contributed by atoms with Crippen LogP contribution >= 0.6 is 0 Å². The third-order valence-electron chi connectivity index (χ3n) is 3.34. The highest BCUT2D eigenvalue weighted by molar-refractivity contribution is 6.02. The van der Waals surface area contributed by atoms with E-state index in [9.17, 15) is 0 Å². The van der Waals surface area contributed by atoms with E-state index in [1.807, 2.05) is 42.5 Å². The number of benzene rings is 2. The Balaban J connectivity index is 2.14. The Hall–Kier alpha value is -2.62. The summed E-state index contributed by atoms with van der Waals surface area (Å²) in [5, 5.41) is 24.2. The third kappa shape index (κ3) is 3.92. The molecule has 0 unspecified atom stereocenters. The van der Waals surface area contributed by atoms with Gasteiger partial charge >= 0.3 is 0 Å². The Morgan fingerprint density at radius 2 is 1.43 bits per heavy atom. The fourth-order valence-electron chi connectivity index (χ4n) is 2.09. The Morgan fingerprint density at radius 3 is 2.00 bits per heavy atom. The first-order valence-electron chi connectivity index (χ1n) is 6.79. The van der Waals surface area contributed by atoms with Gasteiger partial charge in [0, 0.05) is 0 Å². The van der Waals surface area contributed by atoms with Crippen molar-refractivity contribution in [2.45, 2.75) is 19.8 Å². The summed E-state index contributed by atoms with van der Waals surface area (Å²) in [6.45, 7) is 1.73. The maximum Gasteiger partial charge on any atom is 0.0871 e. The first kappa shape index (κ1) is 14.8. The van der Waals surface area contributed by atoms with Crippen molar-refractivity contribution in [1.29, 1.82) is 0 Å². The molecule has 2 N–H and O–H groups in total. The molecule has 2 rings (SSSR count). The van der Waals surface area contributed by atoms with E-state index in [-0.39, 0.29) is 0 Å². The standard InChI is InChI=1S/C17H18N2O2/c1-13(18-20)7-12-17(19-21)16-10-8-15(9-11-16)14-5-3-2-4-6-14/h2-6,8-11,20-21H,7,12H2,1H3/b18-13-,19-17-. The van der Waals surface area contributed by atoms with E-state index >= 15 is 0 Å². The van der Waals surface area contributed by atoms with Gasteiger partial charge in [0.2, 0.25) is 0 Å². The van der Waals surface area contributed by atoms with Crippen LogP contribution < -0.4 is 0 Å². The molecule has 0 atom stereocenters. The number of rotatable bonds is 5. The van der Waals surface area contributed by atoms with E-state index in [1.54, 1.807) is 6.92 Å². The molecule has 0 saturated carbocycles. The van der Waals surface area contributed by atoms with Crippen molar-refractivity contribution in [2.24, 2.45) is 10.3 Å². The topological polar surface area (TPSA) is 65.2 Å². The number of oxime groups is 2. The fourth-order valence-corrected chi connectivity index (χ4v) is 2.09. The van der Waals surface area contributed by atoms with E-state index in [0.29, 0.717) is 24.3 Å². The van der Waals surface area contributed by atoms with Gasteiger partial charge in [-0.05, 0) is 36.5 Å². The van der Waals surface area contributed by atoms with E-state index in [1.165, 1.54) is 0 Å². The summed E-state index contributed by atoms with van der Waals surface area (Å²) in [5.74, 6) is 0. The zero-order valence-electron chi connectivity index (χ0n) is 11.9. The minimum atomic E-state index is 0.525. The summed E-state index contributed by atoms with van der Waals surface area (Å²) in [4.78, 5) is 0. The van der Waals surface area contributed by atoms with E-state index in [2.05, 4.69) is 22.4 Å². The van der Waals surface area contributed by atoms with Gasteiger partial charge in [-0.1, -0.05) is 64.9 Å². The Kier molecular flexibility index (Phi) is 5.10. The minimum Gasteiger partial charge on any atom is -0.411 e. The van der Waals surface area contributed by atoms with Crippen molar-refractivity contribution in [3.63, 3.8) is 0 Å². The summed E-state index contributed by atoms with van der Waals surface area (Å²) < 4.78 is 0. The number of hydrogen-bond donors (Lipinski definition) is 2. The van der Waals surface area contributed by atoms with Crippen LogP contribution in [0.5, 0.6) is 0 Å². The van der Waals surface area contributed by atoms with Crippen LogP contribution in [-0.2, 0) is 0 Å². The molecule has 2 aromatic rings. The normalized spacial score (nSPS) is 12.4. The second kappa shape index (κ2) is 7.24. The molecule has 0 spiro atoms. The SMILES string of the molecule is C/C(CC/C(=N/O)c1ccc(-c2ccccc2)cc1)=N/O. The molecule has 0 aliphatic rings. The Morgan fingerprint density at radius 1 is 0.810 bits per heavy atom. The van der Waals surface area contributed by atoms with E-state index < -0.39 is 0 Å². The average molecular weight is 282 g/mol. The molecule has 0 radical (unpaired) electrons. The van der Waals surface area contributed by atoms with Crippen molar-refractivity contribution in [1.82, 2.24) is 0 Å². The van der Waals surface area contributed by atoms with Crippen molar-refractivity contribution < 1.29 is 10.4 Å². The van der Waals surface area contributed by atoms with Crippen LogP contribution in [-0.4, -0.2) is 21.8 Å². The van der Waals surface area contributed by atoms with Crippen molar-refractivity contribution in [2.75, 3.05) is 0 Å². The molecule has 108 valence electrons. The predicted molar refractivity (Wildman–Crippen MR) is 84.3 cm³/mol. The molecule has 0 aliphatic carbocycles. The van der Waals surface area contributed by atoms with Gasteiger partial charge in [-0.3, -0.25) is 0 Å². The predicted octanol–water partition coefficient (Wildman–Crippen LogP) is 4.16. The highest BCUT2D eigenvalue weighted by Crippen LogP contribution is 2.20. The molecule has 0 amide bonds. The fraction of sp³-hybridized carbons (Fsp3) is 0.176. The lowest BCUT2D eigenvalue weighted by Gasteiger charge is -2.06. The van der Waals surface area contributed by atoms with Gasteiger partial charge in [-0.25, -0.2) is 0 Å². The first-order valence-corrected chi connectivity index (χ1v) is 6.79. The van der Waals surface area contributed by atoms with Crippen LogP contribution in [0.15, 0.2) is 64.9 Å². The maximum absolute atomic E-state index is 9.14. The molecule has 0 bridgehead atoms. The summed E-state index contributed by atoms with van der Waals surface area (Å²) in [6, 6.07) is 18.0. The lowest BCUT2D eigenvalue weighted by atomic mass is 10.00. The van der Waals surface area contributed by atoms with Gasteiger partial charge in [-0.15, -0.1) is 0 Å². The van der Waals surface area contributed by atoms with Gasteiger partial charge in [0.05, 0.1) is 11.4 Å². The molecule has 4 nitrogen and oxygen atoms in total. The van der Waals surface area contributed by atoms with Crippen LogP contribution in [0.25, 0.3) is 11.1 Å². The first-order chi connectivity index (χ1) is 10.2. The third-order valence-corrected chi connectivity index (χ3v) is 3.34. The quantitative estimate of drug-likeness (QED) is 0.491. The molecule has 0 fully saturated rings. The zero-order valence-corrected chi connectivity index (χ0v) is 11.9. The largest absolute Gasteiger partial charge is 0.411 e. The van der Waals surface area contributed by atoms with Crippen LogP contribution in [0.2, 0.25) is 0 Å². The Bertz CT molecular complexity index is 632. The maximum atomic E-state index is 9.14. The van der Waals surface area contributed by atoms with Gasteiger partial charge < -0.3 is 10.4 Å². The molecule has 0 aliphatic heterocycles. The van der Waals surface area contributed by atoms with Crippen LogP contribution in [0, 0.1) is 0 Å². The molecule has 21 heavy (non-hydrogen) atoms. The number of hydrogen-bond acceptors (Lipinski definition) is 4. The van der Waals surface area contributed by atoms with Gasteiger partial charge in [0.1, 0.15) is 0 Å². The summed E-state index contributed by atoms with van der Waals surface area (Å²) in [5.41, 5.74) is 4.32. The van der Waals surface area contributed by atoms with Crippen LogP contribution in [0.1, 0.15) is 25.3 Å². The molecule has 0 aromatic heterocycles. The Labute approximate surface area is 124 Å². The monoisotopic (exact) mass is 282 g/mol. The summed E-state index contributed by atoms with van der Waals surface area (Å²) in [7, 11) is 0. The van der Waals surface area contributed by atoms with Crippen molar-refractivity contribution in [3.05, 3.63) is 60.2 Å². The molecule has 0 saturated heterocycles. The van der Waals surface area contributed by atoms with Crippen molar-refractivity contribution in [3.8, 4) is 11.1 Å². The van der Waals surface area contributed by atoms with Crippen LogP contribution in [0.4, 0.5) is 0 Å². The summed E-state index contributed by atoms with van der Waals surface area (Å²) in [6.07, 6.45) is 1.08. The highest BCUT2D eigenvalue weighted by Gasteiger charge is 2.06. The van der Waals surface area contributed by atoms with Gasteiger partial charge in [-0.2, -0.15) is 0 Å². The smallest absolute Gasteiger partial charge is 0.0871 e. The lowest BCUT2D eigenvalue weighted by molar-refractivity contribution is 0.315. The zero-order chi connectivity index (χ0) is 15.1. The van der Waals surface area contributed by atoms with Gasteiger partial charge in [0.15, 0.2) is 0 Å². The van der Waals surface area contributed by atoms with Crippen LogP contribution in [0.3, 0.4) is 0 Å². The molecule has 2 aromatic carbocycles. The van der Waals surface area contributed by atoms with Gasteiger partial charge in [0.25, 0.3) is 0 Å². The summed E-state index contributed by atoms with van der Waals surface area (Å²) >= 11 is 0. The minimum absolute atomic E-state index is 0.525. The second-order valence-electron chi connectivity index (χ2n) is 4.83. The highest BCUT2D eigenvalue weighted by atomic mass is 16.4. The van der Waals surface area contributed by atoms with E-state index in [0.717, 1.165) is 16.7 Å². The molecule has 4 heteroatoms. The molecular formula is C17H18N2O2.